The highest BCUT2D eigenvalue weighted by Gasteiger charge is 2.07. The summed E-state index contributed by atoms with van der Waals surface area (Å²) in [5.74, 6) is 0.836. The number of methoxy groups -OCH3 is 1. The molecule has 1 atom stereocenters. The largest absolute Gasteiger partial charge is 0.497 e. The maximum absolute atomic E-state index is 8.96. The third-order valence-corrected chi connectivity index (χ3v) is 3.16. The van der Waals surface area contributed by atoms with Gasteiger partial charge in [-0.1, -0.05) is 30.3 Å². The van der Waals surface area contributed by atoms with Crippen LogP contribution < -0.4 is 10.5 Å². The van der Waals surface area contributed by atoms with Gasteiger partial charge < -0.3 is 15.6 Å². The first-order chi connectivity index (χ1) is 9.24. The van der Waals surface area contributed by atoms with Crippen molar-refractivity contribution in [3.8, 4) is 16.9 Å². The van der Waals surface area contributed by atoms with E-state index in [1.165, 1.54) is 0 Å². The van der Waals surface area contributed by atoms with E-state index in [1.54, 1.807) is 7.11 Å². The van der Waals surface area contributed by atoms with Crippen LogP contribution in [0, 0.1) is 0 Å². The number of aliphatic hydroxyl groups is 1. The number of nitrogens with two attached hydrogens (primary N) is 1. The van der Waals surface area contributed by atoms with Crippen LogP contribution in [0.2, 0.25) is 0 Å². The van der Waals surface area contributed by atoms with Gasteiger partial charge in [0.25, 0.3) is 0 Å². The molecule has 0 radical (unpaired) electrons. The van der Waals surface area contributed by atoms with Gasteiger partial charge >= 0.3 is 0 Å². The van der Waals surface area contributed by atoms with Crippen molar-refractivity contribution in [2.45, 2.75) is 12.5 Å². The van der Waals surface area contributed by atoms with Crippen LogP contribution in [0.15, 0.2) is 48.5 Å². The topological polar surface area (TPSA) is 55.5 Å². The normalized spacial score (nSPS) is 12.2. The molecule has 2 aromatic carbocycles. The molecule has 0 saturated heterocycles. The molecule has 0 aromatic heterocycles. The summed E-state index contributed by atoms with van der Waals surface area (Å²) < 4.78 is 5.23. The summed E-state index contributed by atoms with van der Waals surface area (Å²) >= 11 is 0. The van der Waals surface area contributed by atoms with Crippen LogP contribution in [0.1, 0.15) is 18.0 Å². The molecule has 100 valence electrons. The molecule has 0 amide bonds. The van der Waals surface area contributed by atoms with Crippen molar-refractivity contribution in [1.82, 2.24) is 0 Å². The molecule has 0 bridgehead atoms. The van der Waals surface area contributed by atoms with E-state index in [2.05, 4.69) is 6.07 Å². The standard InChI is InChI=1S/C16H19NO2/c1-19-15-7-3-5-13(11-15)12-4-2-6-14(10-12)16(17)8-9-18/h2-7,10-11,16,18H,8-9,17H2,1H3. The predicted octanol–water partition coefficient (Wildman–Crippen LogP) is 2.74. The Balaban J connectivity index is 2.31. The highest BCUT2D eigenvalue weighted by molar-refractivity contribution is 5.65. The van der Waals surface area contributed by atoms with E-state index in [9.17, 15) is 0 Å². The Kier molecular flexibility index (Phi) is 4.55. The highest BCUT2D eigenvalue weighted by Crippen LogP contribution is 2.26. The number of rotatable bonds is 5. The van der Waals surface area contributed by atoms with Gasteiger partial charge in [0.15, 0.2) is 0 Å². The fourth-order valence-corrected chi connectivity index (χ4v) is 2.06. The molecule has 3 N–H and O–H groups in total. The number of hydrogen-bond acceptors (Lipinski definition) is 3. The zero-order valence-corrected chi connectivity index (χ0v) is 11.0. The maximum atomic E-state index is 8.96. The third kappa shape index (κ3) is 3.34. The molecule has 0 heterocycles. The summed E-state index contributed by atoms with van der Waals surface area (Å²) in [7, 11) is 1.66. The van der Waals surface area contributed by atoms with E-state index in [0.29, 0.717) is 6.42 Å². The quantitative estimate of drug-likeness (QED) is 0.866. The van der Waals surface area contributed by atoms with Crippen molar-refractivity contribution in [3.05, 3.63) is 54.1 Å². The Bertz CT molecular complexity index is 540. The van der Waals surface area contributed by atoms with Gasteiger partial charge in [-0.2, -0.15) is 0 Å². The van der Waals surface area contributed by atoms with Crippen LogP contribution in [-0.4, -0.2) is 18.8 Å². The summed E-state index contributed by atoms with van der Waals surface area (Å²) in [6.45, 7) is 0.102. The minimum absolute atomic E-state index is 0.102. The minimum Gasteiger partial charge on any atom is -0.497 e. The molecule has 2 aromatic rings. The van der Waals surface area contributed by atoms with E-state index in [4.69, 9.17) is 15.6 Å². The monoisotopic (exact) mass is 257 g/mol. The van der Waals surface area contributed by atoms with Gasteiger partial charge in [-0.15, -0.1) is 0 Å². The second kappa shape index (κ2) is 6.36. The first-order valence-electron chi connectivity index (χ1n) is 6.35. The first kappa shape index (κ1) is 13.6. The minimum atomic E-state index is -0.129. The molecular formula is C16H19NO2. The van der Waals surface area contributed by atoms with Gasteiger partial charge in [0.1, 0.15) is 5.75 Å². The average Bonchev–Trinajstić information content (AvgIpc) is 2.48. The van der Waals surface area contributed by atoms with Crippen LogP contribution in [0.4, 0.5) is 0 Å². The number of ether oxygens (including phenoxy) is 1. The Labute approximate surface area is 113 Å². The molecule has 3 nitrogen and oxygen atoms in total. The lowest BCUT2D eigenvalue weighted by molar-refractivity contribution is 0.276. The lowest BCUT2D eigenvalue weighted by Crippen LogP contribution is -2.11. The van der Waals surface area contributed by atoms with Crippen LogP contribution in [0.5, 0.6) is 5.75 Å². The van der Waals surface area contributed by atoms with E-state index in [-0.39, 0.29) is 12.6 Å². The molecule has 3 heteroatoms. The molecule has 19 heavy (non-hydrogen) atoms. The lowest BCUT2D eigenvalue weighted by atomic mass is 9.98. The summed E-state index contributed by atoms with van der Waals surface area (Å²) in [6, 6.07) is 15.9. The molecule has 0 fully saturated rings. The average molecular weight is 257 g/mol. The molecule has 1 unspecified atom stereocenters. The van der Waals surface area contributed by atoms with Crippen molar-refractivity contribution < 1.29 is 9.84 Å². The summed E-state index contributed by atoms with van der Waals surface area (Å²) in [5, 5.41) is 8.96. The van der Waals surface area contributed by atoms with Crippen molar-refractivity contribution in [1.29, 1.82) is 0 Å². The molecule has 0 spiro atoms. The van der Waals surface area contributed by atoms with Crippen LogP contribution in [0.25, 0.3) is 11.1 Å². The SMILES string of the molecule is COc1cccc(-c2cccc(C(N)CCO)c2)c1. The Morgan fingerprint density at radius 1 is 1.11 bits per heavy atom. The van der Waals surface area contributed by atoms with E-state index in [1.807, 2.05) is 42.5 Å². The molecular weight excluding hydrogens is 238 g/mol. The van der Waals surface area contributed by atoms with Gasteiger partial charge in [0.05, 0.1) is 7.11 Å². The van der Waals surface area contributed by atoms with Gasteiger partial charge in [0, 0.05) is 12.6 Å². The summed E-state index contributed by atoms with van der Waals surface area (Å²) in [4.78, 5) is 0. The molecule has 0 aliphatic heterocycles. The van der Waals surface area contributed by atoms with Gasteiger partial charge in [-0.05, 0) is 41.3 Å². The van der Waals surface area contributed by atoms with Crippen LogP contribution in [0.3, 0.4) is 0 Å². The van der Waals surface area contributed by atoms with Crippen LogP contribution >= 0.6 is 0 Å². The Morgan fingerprint density at radius 3 is 2.47 bits per heavy atom. The van der Waals surface area contributed by atoms with Gasteiger partial charge in [0.2, 0.25) is 0 Å². The Hall–Kier alpha value is -1.84. The second-order valence-corrected chi connectivity index (χ2v) is 4.48. The fraction of sp³-hybridized carbons (Fsp3) is 0.250. The lowest BCUT2D eigenvalue weighted by Gasteiger charge is -2.12. The third-order valence-electron chi connectivity index (χ3n) is 3.16. The fourth-order valence-electron chi connectivity index (χ4n) is 2.06. The smallest absolute Gasteiger partial charge is 0.119 e. The zero-order valence-electron chi connectivity index (χ0n) is 11.0. The number of benzene rings is 2. The zero-order chi connectivity index (χ0) is 13.7. The molecule has 2 rings (SSSR count). The summed E-state index contributed by atoms with van der Waals surface area (Å²) in [5.41, 5.74) is 9.26. The number of aliphatic hydroxyl groups excluding tert-OH is 1. The molecule has 0 aliphatic carbocycles. The maximum Gasteiger partial charge on any atom is 0.119 e. The van der Waals surface area contributed by atoms with Crippen LogP contribution in [-0.2, 0) is 0 Å². The van der Waals surface area contributed by atoms with E-state index < -0.39 is 0 Å². The van der Waals surface area contributed by atoms with Gasteiger partial charge in [-0.3, -0.25) is 0 Å². The Morgan fingerprint density at radius 2 is 1.79 bits per heavy atom. The molecule has 0 saturated carbocycles. The predicted molar refractivity (Wildman–Crippen MR) is 77.1 cm³/mol. The molecule has 0 aliphatic rings. The van der Waals surface area contributed by atoms with Crippen molar-refractivity contribution in [3.63, 3.8) is 0 Å². The highest BCUT2D eigenvalue weighted by atomic mass is 16.5. The van der Waals surface area contributed by atoms with Crippen molar-refractivity contribution in [2.75, 3.05) is 13.7 Å². The number of hydrogen-bond donors (Lipinski definition) is 2. The van der Waals surface area contributed by atoms with Gasteiger partial charge in [-0.25, -0.2) is 0 Å². The first-order valence-corrected chi connectivity index (χ1v) is 6.35. The van der Waals surface area contributed by atoms with Crippen molar-refractivity contribution >= 4 is 0 Å². The van der Waals surface area contributed by atoms with E-state index >= 15 is 0 Å². The second-order valence-electron chi connectivity index (χ2n) is 4.48. The summed E-state index contributed by atoms with van der Waals surface area (Å²) in [6.07, 6.45) is 0.571. The van der Waals surface area contributed by atoms with E-state index in [0.717, 1.165) is 22.4 Å². The van der Waals surface area contributed by atoms with Crippen molar-refractivity contribution in [2.24, 2.45) is 5.73 Å².